The van der Waals surface area contributed by atoms with Crippen LogP contribution in [-0.4, -0.2) is 35.8 Å². The molecule has 1 heterocycles. The summed E-state index contributed by atoms with van der Waals surface area (Å²) in [5.74, 6) is -1.06. The van der Waals surface area contributed by atoms with Gasteiger partial charge in [0.05, 0.1) is 16.9 Å². The first-order chi connectivity index (χ1) is 15.0. The highest BCUT2D eigenvalue weighted by molar-refractivity contribution is 6.09. The van der Waals surface area contributed by atoms with Crippen LogP contribution in [0.1, 0.15) is 41.8 Å². The molecule has 32 heavy (non-hydrogen) atoms. The highest BCUT2D eigenvalue weighted by atomic mass is 19.4. The number of hydrogen-bond acceptors (Lipinski definition) is 4. The van der Waals surface area contributed by atoms with Crippen LogP contribution < -0.4 is 15.6 Å². The molecule has 0 aliphatic carbocycles. The van der Waals surface area contributed by atoms with Gasteiger partial charge in [0.25, 0.3) is 5.91 Å². The summed E-state index contributed by atoms with van der Waals surface area (Å²) in [6.45, 7) is 7.06. The number of alkyl halides is 3. The van der Waals surface area contributed by atoms with Gasteiger partial charge < -0.3 is 10.6 Å². The predicted molar refractivity (Wildman–Crippen MR) is 118 cm³/mol. The maximum Gasteiger partial charge on any atom is 0.431 e. The van der Waals surface area contributed by atoms with Crippen LogP contribution in [0.4, 0.5) is 24.5 Å². The molecule has 2 amide bonds. The zero-order valence-electron chi connectivity index (χ0n) is 18.2. The Morgan fingerprint density at radius 3 is 2.34 bits per heavy atom. The van der Waals surface area contributed by atoms with E-state index in [9.17, 15) is 22.8 Å². The lowest BCUT2D eigenvalue weighted by Gasteiger charge is -2.25. The number of rotatable bonds is 5. The summed E-state index contributed by atoms with van der Waals surface area (Å²) in [5.41, 5.74) is 1.20. The Morgan fingerprint density at radius 1 is 1.06 bits per heavy atom. The van der Waals surface area contributed by atoms with Crippen LogP contribution in [0.25, 0.3) is 0 Å². The van der Waals surface area contributed by atoms with Crippen LogP contribution in [0.5, 0.6) is 0 Å². The number of nitrogens with one attached hydrogen (secondary N) is 2. The Bertz CT molecular complexity index is 1060. The van der Waals surface area contributed by atoms with Crippen LogP contribution in [0, 0.1) is 13.8 Å². The average molecular weight is 446 g/mol. The lowest BCUT2D eigenvalue weighted by molar-refractivity contribution is -0.117. The van der Waals surface area contributed by atoms with Crippen molar-refractivity contribution in [3.05, 3.63) is 59.2 Å². The molecule has 1 unspecified atom stereocenters. The first-order valence-corrected chi connectivity index (χ1v) is 10.2. The molecule has 0 saturated carbocycles. The summed E-state index contributed by atoms with van der Waals surface area (Å²) < 4.78 is 40.3. The van der Waals surface area contributed by atoms with Gasteiger partial charge in [-0.15, -0.1) is 0 Å². The van der Waals surface area contributed by atoms with Crippen molar-refractivity contribution < 1.29 is 22.8 Å². The van der Waals surface area contributed by atoms with Gasteiger partial charge in [0, 0.05) is 12.5 Å². The van der Waals surface area contributed by atoms with Crippen molar-refractivity contribution >= 4 is 28.9 Å². The molecule has 0 bridgehead atoms. The zero-order chi connectivity index (χ0) is 23.6. The fourth-order valence-electron chi connectivity index (χ4n) is 3.50. The number of carbonyl (C=O) groups is 2. The van der Waals surface area contributed by atoms with E-state index in [0.717, 1.165) is 5.01 Å². The number of halogens is 3. The van der Waals surface area contributed by atoms with Gasteiger partial charge in [-0.3, -0.25) is 14.6 Å². The lowest BCUT2D eigenvalue weighted by Crippen LogP contribution is -2.40. The fraction of sp³-hybridized carbons (Fsp3) is 0.348. The molecule has 0 radical (unpaired) electrons. The van der Waals surface area contributed by atoms with E-state index in [1.807, 2.05) is 0 Å². The van der Waals surface area contributed by atoms with Crippen molar-refractivity contribution in [2.75, 3.05) is 10.3 Å². The van der Waals surface area contributed by atoms with Crippen LogP contribution in [0.3, 0.4) is 0 Å². The number of anilines is 2. The van der Waals surface area contributed by atoms with E-state index in [0.29, 0.717) is 16.8 Å². The second-order valence-corrected chi connectivity index (χ2v) is 8.01. The molecular weight excluding hydrogens is 421 g/mol. The van der Waals surface area contributed by atoms with Gasteiger partial charge in [0.15, 0.2) is 0 Å². The molecule has 2 aromatic rings. The van der Waals surface area contributed by atoms with E-state index in [1.165, 1.54) is 0 Å². The molecule has 0 fully saturated rings. The average Bonchev–Trinajstić information content (AvgIpc) is 3.15. The Morgan fingerprint density at radius 2 is 1.72 bits per heavy atom. The molecule has 3 rings (SSSR count). The van der Waals surface area contributed by atoms with Gasteiger partial charge in [-0.2, -0.15) is 18.3 Å². The van der Waals surface area contributed by atoms with Crippen molar-refractivity contribution in [2.24, 2.45) is 5.10 Å². The predicted octanol–water partition coefficient (Wildman–Crippen LogP) is 4.58. The minimum atomic E-state index is -4.65. The third-order valence-electron chi connectivity index (χ3n) is 5.09. The number of hydrazone groups is 1. The minimum Gasteiger partial charge on any atom is -0.350 e. The molecule has 170 valence electrons. The van der Waals surface area contributed by atoms with E-state index >= 15 is 0 Å². The van der Waals surface area contributed by atoms with Gasteiger partial charge in [-0.1, -0.05) is 30.3 Å². The SMILES string of the molecule is Cc1ccccc1N1N=C(C(F)(F)F)CC1C(=O)Nc1c(C)cccc1C(=O)NC(C)C. The molecule has 0 saturated heterocycles. The Labute approximate surface area is 184 Å². The molecule has 1 aliphatic heterocycles. The Balaban J connectivity index is 1.95. The molecular formula is C23H25F3N4O2. The maximum absolute atomic E-state index is 13.4. The van der Waals surface area contributed by atoms with E-state index < -0.39 is 30.3 Å². The monoisotopic (exact) mass is 446 g/mol. The largest absolute Gasteiger partial charge is 0.431 e. The molecule has 1 atom stereocenters. The van der Waals surface area contributed by atoms with Gasteiger partial charge in [-0.05, 0) is 51.0 Å². The lowest BCUT2D eigenvalue weighted by atomic mass is 10.0. The summed E-state index contributed by atoms with van der Waals surface area (Å²) in [5, 5.41) is 10.3. The Hall–Kier alpha value is -3.36. The van der Waals surface area contributed by atoms with E-state index in [4.69, 9.17) is 0 Å². The van der Waals surface area contributed by atoms with Crippen molar-refractivity contribution in [2.45, 2.75) is 52.4 Å². The standard InChI is InChI=1S/C23H25F3N4O2/c1-13(2)27-21(31)16-10-7-9-15(4)20(16)28-22(32)18-12-19(23(24,25)26)29-30(18)17-11-6-5-8-14(17)3/h5-11,13,18H,12H2,1-4H3,(H,27,31)(H,28,32). The van der Waals surface area contributed by atoms with Crippen LogP contribution in [0.15, 0.2) is 47.6 Å². The number of aryl methyl sites for hydroxylation is 2. The first kappa shape index (κ1) is 23.3. The summed E-state index contributed by atoms with van der Waals surface area (Å²) in [6.07, 6.45) is -5.25. The van der Waals surface area contributed by atoms with Gasteiger partial charge in [0.2, 0.25) is 5.91 Å². The van der Waals surface area contributed by atoms with Crippen molar-refractivity contribution in [3.8, 4) is 0 Å². The van der Waals surface area contributed by atoms with Gasteiger partial charge >= 0.3 is 6.18 Å². The molecule has 6 nitrogen and oxygen atoms in total. The molecule has 9 heteroatoms. The normalized spacial score (nSPS) is 16.2. The number of benzene rings is 2. The van der Waals surface area contributed by atoms with Crippen molar-refractivity contribution in [3.63, 3.8) is 0 Å². The second-order valence-electron chi connectivity index (χ2n) is 8.01. The van der Waals surface area contributed by atoms with Crippen LogP contribution in [0.2, 0.25) is 0 Å². The summed E-state index contributed by atoms with van der Waals surface area (Å²) >= 11 is 0. The fourth-order valence-corrected chi connectivity index (χ4v) is 3.50. The molecule has 2 N–H and O–H groups in total. The smallest absolute Gasteiger partial charge is 0.350 e. The number of hydrogen-bond donors (Lipinski definition) is 2. The summed E-state index contributed by atoms with van der Waals surface area (Å²) in [6, 6.07) is 10.4. The number of amides is 2. The highest BCUT2D eigenvalue weighted by Crippen LogP contribution is 2.33. The highest BCUT2D eigenvalue weighted by Gasteiger charge is 2.46. The third kappa shape index (κ3) is 4.92. The Kier molecular flexibility index (Phi) is 6.57. The zero-order valence-corrected chi connectivity index (χ0v) is 18.2. The quantitative estimate of drug-likeness (QED) is 0.706. The first-order valence-electron chi connectivity index (χ1n) is 10.2. The summed E-state index contributed by atoms with van der Waals surface area (Å²) in [4.78, 5) is 25.8. The van der Waals surface area contributed by atoms with Gasteiger partial charge in [-0.25, -0.2) is 0 Å². The summed E-state index contributed by atoms with van der Waals surface area (Å²) in [7, 11) is 0. The third-order valence-corrected chi connectivity index (χ3v) is 5.09. The number of para-hydroxylation sites is 2. The maximum atomic E-state index is 13.4. The van der Waals surface area contributed by atoms with Gasteiger partial charge in [0.1, 0.15) is 11.8 Å². The van der Waals surface area contributed by atoms with Crippen LogP contribution in [-0.2, 0) is 4.79 Å². The van der Waals surface area contributed by atoms with Crippen molar-refractivity contribution in [1.29, 1.82) is 0 Å². The topological polar surface area (TPSA) is 73.8 Å². The minimum absolute atomic E-state index is 0.124. The molecule has 2 aromatic carbocycles. The van der Waals surface area contributed by atoms with E-state index in [2.05, 4.69) is 15.7 Å². The molecule has 0 aromatic heterocycles. The number of carbonyl (C=O) groups excluding carboxylic acids is 2. The molecule has 1 aliphatic rings. The molecule has 0 spiro atoms. The van der Waals surface area contributed by atoms with Crippen LogP contribution >= 0.6 is 0 Å². The van der Waals surface area contributed by atoms with E-state index in [-0.39, 0.29) is 23.2 Å². The van der Waals surface area contributed by atoms with E-state index in [1.54, 1.807) is 70.2 Å². The number of nitrogens with zero attached hydrogens (tertiary/aromatic N) is 2. The van der Waals surface area contributed by atoms with Crippen molar-refractivity contribution in [1.82, 2.24) is 5.32 Å². The second kappa shape index (κ2) is 9.02.